The number of carbonyl (C=O) groups is 1. The molecular weight excluding hydrogens is 385 g/mol. The summed E-state index contributed by atoms with van der Waals surface area (Å²) in [5.41, 5.74) is 2.81. The largest absolute Gasteiger partial charge is 0.507 e. The van der Waals surface area contributed by atoms with Crippen LogP contribution < -0.4 is 0 Å². The summed E-state index contributed by atoms with van der Waals surface area (Å²) in [6.07, 6.45) is -2.47. The average Bonchev–Trinajstić information content (AvgIpc) is 2.89. The summed E-state index contributed by atoms with van der Waals surface area (Å²) in [7, 11) is 0. The van der Waals surface area contributed by atoms with E-state index in [1.807, 2.05) is 32.9 Å². The SMILES string of the molecule is CCc1cc(C)cc(CC)c1C1=C(O)C2(CCC(OCC(F)(F)F)CC2)OC1=O. The maximum atomic E-state index is 12.8. The Bertz CT molecular complexity index is 793. The molecule has 0 unspecified atom stereocenters. The second-order valence-electron chi connectivity index (χ2n) is 7.90. The number of alkyl halides is 3. The Hall–Kier alpha value is -2.02. The number of aliphatic hydroxyl groups is 1. The number of aliphatic hydroxyl groups excluding tert-OH is 1. The van der Waals surface area contributed by atoms with Gasteiger partial charge < -0.3 is 14.6 Å². The number of esters is 1. The third-order valence-corrected chi connectivity index (χ3v) is 5.84. The van der Waals surface area contributed by atoms with E-state index in [1.165, 1.54) is 0 Å². The molecule has 0 radical (unpaired) electrons. The molecule has 160 valence electrons. The molecule has 1 N–H and O–H groups in total. The number of ether oxygens (including phenoxy) is 2. The Kier molecular flexibility index (Phi) is 5.99. The summed E-state index contributed by atoms with van der Waals surface area (Å²) in [6, 6.07) is 4.02. The molecule has 2 aliphatic rings. The van der Waals surface area contributed by atoms with Gasteiger partial charge in [0.2, 0.25) is 0 Å². The first kappa shape index (κ1) is 21.7. The lowest BCUT2D eigenvalue weighted by molar-refractivity contribution is -0.192. The fraction of sp³-hybridized carbons (Fsp3) is 0.591. The van der Waals surface area contributed by atoms with E-state index >= 15 is 0 Å². The molecule has 0 saturated heterocycles. The van der Waals surface area contributed by atoms with Gasteiger partial charge >= 0.3 is 12.1 Å². The molecule has 1 fully saturated rings. The third-order valence-electron chi connectivity index (χ3n) is 5.84. The van der Waals surface area contributed by atoms with Crippen molar-refractivity contribution in [1.29, 1.82) is 0 Å². The van der Waals surface area contributed by atoms with Crippen LogP contribution in [0.2, 0.25) is 0 Å². The van der Waals surface area contributed by atoms with Crippen LogP contribution in [0.4, 0.5) is 13.2 Å². The summed E-state index contributed by atoms with van der Waals surface area (Å²) in [5, 5.41) is 11.1. The van der Waals surface area contributed by atoms with Gasteiger partial charge in [-0.1, -0.05) is 31.5 Å². The fourth-order valence-electron chi connectivity index (χ4n) is 4.42. The van der Waals surface area contributed by atoms with E-state index in [-0.39, 0.29) is 37.0 Å². The van der Waals surface area contributed by atoms with E-state index in [9.17, 15) is 23.1 Å². The van der Waals surface area contributed by atoms with Crippen molar-refractivity contribution in [3.05, 3.63) is 40.1 Å². The molecule has 1 aromatic rings. The van der Waals surface area contributed by atoms with Crippen LogP contribution in [0.25, 0.3) is 5.57 Å². The molecule has 4 nitrogen and oxygen atoms in total. The lowest BCUT2D eigenvalue weighted by Gasteiger charge is -2.35. The molecule has 1 heterocycles. The molecule has 1 aromatic carbocycles. The van der Waals surface area contributed by atoms with Gasteiger partial charge in [0.05, 0.1) is 6.10 Å². The standard InChI is InChI=1S/C22H27F3O4/c1-4-14-10-13(3)11-15(5-2)17(14)18-19(26)21(29-20(18)27)8-6-16(7-9-21)28-12-22(23,24)25/h10-11,16,26H,4-9,12H2,1-3H3. The summed E-state index contributed by atoms with van der Waals surface area (Å²) in [6.45, 7) is 4.69. The van der Waals surface area contributed by atoms with Crippen LogP contribution in [0, 0.1) is 6.92 Å². The molecule has 0 bridgehead atoms. The quantitative estimate of drug-likeness (QED) is 0.675. The van der Waals surface area contributed by atoms with Crippen molar-refractivity contribution in [3.8, 4) is 0 Å². The van der Waals surface area contributed by atoms with Crippen LogP contribution in [-0.4, -0.2) is 35.6 Å². The highest BCUT2D eigenvalue weighted by Crippen LogP contribution is 2.47. The fourth-order valence-corrected chi connectivity index (χ4v) is 4.42. The average molecular weight is 412 g/mol. The molecule has 1 aliphatic carbocycles. The van der Waals surface area contributed by atoms with Crippen molar-refractivity contribution in [1.82, 2.24) is 0 Å². The Morgan fingerprint density at radius 1 is 1.17 bits per heavy atom. The van der Waals surface area contributed by atoms with Gasteiger partial charge in [-0.2, -0.15) is 13.2 Å². The number of carbonyl (C=O) groups excluding carboxylic acids is 1. The highest BCUT2D eigenvalue weighted by Gasteiger charge is 2.51. The lowest BCUT2D eigenvalue weighted by atomic mass is 9.80. The zero-order valence-corrected chi connectivity index (χ0v) is 17.0. The predicted octanol–water partition coefficient (Wildman–Crippen LogP) is 5.21. The van der Waals surface area contributed by atoms with Crippen molar-refractivity contribution >= 4 is 11.5 Å². The van der Waals surface area contributed by atoms with E-state index in [2.05, 4.69) is 0 Å². The summed E-state index contributed by atoms with van der Waals surface area (Å²) < 4.78 is 47.8. The molecule has 3 rings (SSSR count). The van der Waals surface area contributed by atoms with Gasteiger partial charge in [-0.25, -0.2) is 4.79 Å². The smallest absolute Gasteiger partial charge is 0.411 e. The maximum Gasteiger partial charge on any atom is 0.411 e. The van der Waals surface area contributed by atoms with Gasteiger partial charge in [0.25, 0.3) is 0 Å². The summed E-state index contributed by atoms with van der Waals surface area (Å²) >= 11 is 0. The Balaban J connectivity index is 1.89. The number of hydrogen-bond acceptors (Lipinski definition) is 4. The molecular formula is C22H27F3O4. The van der Waals surface area contributed by atoms with Gasteiger partial charge in [-0.05, 0) is 62.1 Å². The van der Waals surface area contributed by atoms with E-state index in [1.54, 1.807) is 0 Å². The van der Waals surface area contributed by atoms with Crippen LogP contribution in [-0.2, 0) is 27.1 Å². The van der Waals surface area contributed by atoms with E-state index < -0.39 is 30.5 Å². The van der Waals surface area contributed by atoms with Gasteiger partial charge in [-0.15, -0.1) is 0 Å². The number of halogens is 3. The Labute approximate surface area is 168 Å². The lowest BCUT2D eigenvalue weighted by Crippen LogP contribution is -2.39. The van der Waals surface area contributed by atoms with Crippen LogP contribution in [0.15, 0.2) is 17.9 Å². The normalized spacial score (nSPS) is 25.0. The number of hydrogen-bond donors (Lipinski definition) is 1. The van der Waals surface area contributed by atoms with Gasteiger partial charge in [0.15, 0.2) is 11.4 Å². The number of benzene rings is 1. The van der Waals surface area contributed by atoms with Crippen LogP contribution in [0.3, 0.4) is 0 Å². The topological polar surface area (TPSA) is 55.8 Å². The highest BCUT2D eigenvalue weighted by atomic mass is 19.4. The molecule has 7 heteroatoms. The minimum absolute atomic E-state index is 0.0926. The first-order valence-corrected chi connectivity index (χ1v) is 10.1. The van der Waals surface area contributed by atoms with Crippen molar-refractivity contribution in [2.75, 3.05) is 6.61 Å². The Morgan fingerprint density at radius 3 is 2.21 bits per heavy atom. The van der Waals surface area contributed by atoms with Gasteiger partial charge in [-0.3, -0.25) is 0 Å². The van der Waals surface area contributed by atoms with Crippen LogP contribution in [0.1, 0.15) is 61.8 Å². The monoisotopic (exact) mass is 412 g/mol. The molecule has 0 amide bonds. The molecule has 0 aromatic heterocycles. The van der Waals surface area contributed by atoms with Gasteiger partial charge in [0.1, 0.15) is 12.2 Å². The van der Waals surface area contributed by atoms with Crippen LogP contribution in [0.5, 0.6) is 0 Å². The van der Waals surface area contributed by atoms with E-state index in [4.69, 9.17) is 9.47 Å². The Morgan fingerprint density at radius 2 is 1.72 bits per heavy atom. The zero-order chi connectivity index (χ0) is 21.4. The summed E-state index contributed by atoms with van der Waals surface area (Å²) in [4.78, 5) is 12.8. The first-order chi connectivity index (χ1) is 13.6. The molecule has 29 heavy (non-hydrogen) atoms. The molecule has 0 atom stereocenters. The third kappa shape index (κ3) is 4.29. The second-order valence-corrected chi connectivity index (χ2v) is 7.90. The molecule has 1 spiro atoms. The maximum absolute atomic E-state index is 12.8. The van der Waals surface area contributed by atoms with Gasteiger partial charge in [0, 0.05) is 0 Å². The van der Waals surface area contributed by atoms with Crippen molar-refractivity contribution in [3.63, 3.8) is 0 Å². The van der Waals surface area contributed by atoms with Crippen molar-refractivity contribution < 1.29 is 32.5 Å². The molecule has 1 saturated carbocycles. The predicted molar refractivity (Wildman–Crippen MR) is 103 cm³/mol. The minimum atomic E-state index is -4.37. The highest BCUT2D eigenvalue weighted by molar-refractivity contribution is 6.20. The van der Waals surface area contributed by atoms with E-state index in [0.29, 0.717) is 12.8 Å². The van der Waals surface area contributed by atoms with Crippen molar-refractivity contribution in [2.24, 2.45) is 0 Å². The second kappa shape index (κ2) is 8.01. The zero-order valence-electron chi connectivity index (χ0n) is 17.0. The minimum Gasteiger partial charge on any atom is -0.507 e. The summed E-state index contributed by atoms with van der Waals surface area (Å²) in [5.74, 6) is -0.657. The van der Waals surface area contributed by atoms with Crippen molar-refractivity contribution in [2.45, 2.75) is 77.2 Å². The number of rotatable bonds is 5. The van der Waals surface area contributed by atoms with E-state index in [0.717, 1.165) is 22.3 Å². The molecule has 1 aliphatic heterocycles. The first-order valence-electron chi connectivity index (χ1n) is 10.1. The number of aryl methyl sites for hydroxylation is 3. The van der Waals surface area contributed by atoms with Crippen LogP contribution >= 0.6 is 0 Å².